The van der Waals surface area contributed by atoms with E-state index in [-0.39, 0.29) is 0 Å². The van der Waals surface area contributed by atoms with E-state index in [1.165, 1.54) is 53.9 Å². The molecule has 0 aliphatic rings. The third-order valence-electron chi connectivity index (χ3n) is 9.91. The SMILES string of the molecule is c1ccc2cc(-c3nc(-c4ccc5ccccc5c4)nc(-n4c5cccc6c7cccc8ccc9ccc4c(c9c87)c65)n3)ccc2c1. The third-order valence-corrected chi connectivity index (χ3v) is 9.91. The van der Waals surface area contributed by atoms with Crippen LogP contribution in [0.4, 0.5) is 0 Å². The van der Waals surface area contributed by atoms with Gasteiger partial charge in [0.15, 0.2) is 11.6 Å². The molecule has 0 N–H and O–H groups in total. The fourth-order valence-electron chi connectivity index (χ4n) is 7.79. The molecule has 0 spiro atoms. The summed E-state index contributed by atoms with van der Waals surface area (Å²) in [7, 11) is 0. The van der Waals surface area contributed by atoms with Crippen LogP contribution in [0.2, 0.25) is 0 Å². The first-order valence-electron chi connectivity index (χ1n) is 16.0. The molecular formula is C43H24N4. The van der Waals surface area contributed by atoms with Gasteiger partial charge in [0, 0.05) is 27.3 Å². The highest BCUT2D eigenvalue weighted by atomic mass is 15.2. The Kier molecular flexibility index (Phi) is 4.81. The van der Waals surface area contributed by atoms with Gasteiger partial charge in [0.25, 0.3) is 0 Å². The van der Waals surface area contributed by atoms with Gasteiger partial charge in [-0.25, -0.2) is 4.98 Å². The zero-order chi connectivity index (χ0) is 30.6. The van der Waals surface area contributed by atoms with E-state index in [4.69, 9.17) is 15.0 Å². The lowest BCUT2D eigenvalue weighted by molar-refractivity contribution is 0.954. The second-order valence-electron chi connectivity index (χ2n) is 12.5. The average molecular weight is 597 g/mol. The molecule has 0 bridgehead atoms. The van der Waals surface area contributed by atoms with Gasteiger partial charge in [-0.15, -0.1) is 0 Å². The number of hydrogen-bond acceptors (Lipinski definition) is 3. The van der Waals surface area contributed by atoms with Crippen LogP contribution < -0.4 is 0 Å². The molecule has 4 heteroatoms. The Labute approximate surface area is 268 Å². The summed E-state index contributed by atoms with van der Waals surface area (Å²) in [4.78, 5) is 15.6. The molecule has 0 atom stereocenters. The molecule has 0 radical (unpaired) electrons. The van der Waals surface area contributed by atoms with E-state index < -0.39 is 0 Å². The first kappa shape index (κ1) is 24.9. The van der Waals surface area contributed by atoms with Gasteiger partial charge in [0.05, 0.1) is 11.0 Å². The Balaban J connectivity index is 1.26. The van der Waals surface area contributed by atoms with Crippen LogP contribution in [0.5, 0.6) is 0 Å². The van der Waals surface area contributed by atoms with Crippen molar-refractivity contribution in [3.8, 4) is 28.7 Å². The Morgan fingerprint density at radius 3 is 1.53 bits per heavy atom. The maximum Gasteiger partial charge on any atom is 0.238 e. The molecule has 11 rings (SSSR count). The molecule has 2 heterocycles. The van der Waals surface area contributed by atoms with Crippen molar-refractivity contribution in [1.82, 2.24) is 19.5 Å². The molecule has 0 aliphatic heterocycles. The normalized spacial score (nSPS) is 12.3. The van der Waals surface area contributed by atoms with E-state index in [0.29, 0.717) is 17.6 Å². The van der Waals surface area contributed by atoms with Crippen LogP contribution in [-0.4, -0.2) is 19.5 Å². The van der Waals surface area contributed by atoms with Crippen LogP contribution >= 0.6 is 0 Å². The second kappa shape index (κ2) is 9.09. The van der Waals surface area contributed by atoms with E-state index in [9.17, 15) is 0 Å². The van der Waals surface area contributed by atoms with Crippen molar-refractivity contribution in [3.63, 3.8) is 0 Å². The van der Waals surface area contributed by atoms with Gasteiger partial charge < -0.3 is 0 Å². The summed E-state index contributed by atoms with van der Waals surface area (Å²) < 4.78 is 2.25. The lowest BCUT2D eigenvalue weighted by Crippen LogP contribution is -2.06. The molecule has 0 aliphatic carbocycles. The Morgan fingerprint density at radius 2 is 0.851 bits per heavy atom. The highest BCUT2D eigenvalue weighted by Crippen LogP contribution is 2.46. The van der Waals surface area contributed by atoms with Gasteiger partial charge in [-0.05, 0) is 72.7 Å². The van der Waals surface area contributed by atoms with E-state index >= 15 is 0 Å². The van der Waals surface area contributed by atoms with E-state index in [0.717, 1.165) is 32.9 Å². The number of nitrogens with zero attached hydrogens (tertiary/aromatic N) is 4. The van der Waals surface area contributed by atoms with Crippen LogP contribution in [0.3, 0.4) is 0 Å². The van der Waals surface area contributed by atoms with Crippen LogP contribution in [0.15, 0.2) is 146 Å². The predicted octanol–water partition coefficient (Wildman–Crippen LogP) is 10.9. The molecule has 216 valence electrons. The minimum atomic E-state index is 0.612. The molecule has 0 saturated heterocycles. The fourth-order valence-corrected chi connectivity index (χ4v) is 7.79. The summed E-state index contributed by atoms with van der Waals surface area (Å²) in [6.45, 7) is 0. The smallest absolute Gasteiger partial charge is 0.238 e. The highest BCUT2D eigenvalue weighted by molar-refractivity contribution is 6.40. The number of hydrogen-bond donors (Lipinski definition) is 0. The van der Waals surface area contributed by atoms with Crippen molar-refractivity contribution in [3.05, 3.63) is 146 Å². The average Bonchev–Trinajstić information content (AvgIpc) is 3.49. The summed E-state index contributed by atoms with van der Waals surface area (Å²) in [5.74, 6) is 1.91. The largest absolute Gasteiger partial charge is 0.278 e. The van der Waals surface area contributed by atoms with E-state index in [2.05, 4.69) is 150 Å². The minimum absolute atomic E-state index is 0.612. The third kappa shape index (κ3) is 3.44. The quantitative estimate of drug-likeness (QED) is 0.151. The van der Waals surface area contributed by atoms with E-state index in [1.807, 2.05) is 0 Å². The van der Waals surface area contributed by atoms with Crippen molar-refractivity contribution < 1.29 is 0 Å². The zero-order valence-corrected chi connectivity index (χ0v) is 25.1. The summed E-state index contributed by atoms with van der Waals surface area (Å²) in [5, 5.41) is 14.8. The summed E-state index contributed by atoms with van der Waals surface area (Å²) >= 11 is 0. The number of benzene rings is 9. The standard InChI is InChI=1S/C43H24N4/c1-3-9-29-23-31(19-15-25(29)7-1)41-44-42(32-20-16-26-8-2-4-10-30(26)24-32)46-43(45-41)47-35-14-6-13-34-33-12-5-11-27-17-18-28-21-22-36(47)40(39(34)35)38(28)37(27)33/h1-24H. The number of rotatable bonds is 3. The summed E-state index contributed by atoms with van der Waals surface area (Å²) in [6, 6.07) is 51.9. The van der Waals surface area contributed by atoms with Crippen LogP contribution in [0.1, 0.15) is 0 Å². The molecule has 0 saturated carbocycles. The van der Waals surface area contributed by atoms with Gasteiger partial charge in [-0.2, -0.15) is 9.97 Å². The molecular weight excluding hydrogens is 573 g/mol. The molecule has 47 heavy (non-hydrogen) atoms. The Bertz CT molecular complexity index is 2930. The van der Waals surface area contributed by atoms with Gasteiger partial charge in [0.1, 0.15) is 0 Å². The first-order valence-corrected chi connectivity index (χ1v) is 16.0. The van der Waals surface area contributed by atoms with Crippen LogP contribution in [-0.2, 0) is 0 Å². The molecule has 0 amide bonds. The molecule has 11 aromatic rings. The molecule has 2 aromatic heterocycles. The Morgan fingerprint density at radius 1 is 0.340 bits per heavy atom. The molecule has 9 aromatic carbocycles. The summed E-state index contributed by atoms with van der Waals surface area (Å²) in [5.41, 5.74) is 4.11. The Hall–Kier alpha value is -6.39. The zero-order valence-electron chi connectivity index (χ0n) is 25.1. The van der Waals surface area contributed by atoms with Gasteiger partial charge in [-0.1, -0.05) is 121 Å². The lowest BCUT2D eigenvalue weighted by atomic mass is 9.89. The first-order chi connectivity index (χ1) is 23.3. The number of aromatic nitrogens is 4. The second-order valence-corrected chi connectivity index (χ2v) is 12.5. The minimum Gasteiger partial charge on any atom is -0.278 e. The van der Waals surface area contributed by atoms with Crippen molar-refractivity contribution in [2.75, 3.05) is 0 Å². The lowest BCUT2D eigenvalue weighted by Gasteiger charge is -2.13. The molecule has 4 nitrogen and oxygen atoms in total. The van der Waals surface area contributed by atoms with Crippen molar-refractivity contribution in [2.45, 2.75) is 0 Å². The number of fused-ring (bicyclic) bond motifs is 3. The maximum absolute atomic E-state index is 5.25. The fraction of sp³-hybridized carbons (Fsp3) is 0. The van der Waals surface area contributed by atoms with Gasteiger partial charge >= 0.3 is 0 Å². The molecule has 0 unspecified atom stereocenters. The van der Waals surface area contributed by atoms with Gasteiger partial charge in [-0.3, -0.25) is 4.57 Å². The predicted molar refractivity (Wildman–Crippen MR) is 195 cm³/mol. The molecule has 0 fully saturated rings. The van der Waals surface area contributed by atoms with Gasteiger partial charge in [0.2, 0.25) is 5.95 Å². The highest BCUT2D eigenvalue weighted by Gasteiger charge is 2.24. The van der Waals surface area contributed by atoms with E-state index in [1.54, 1.807) is 0 Å². The van der Waals surface area contributed by atoms with Crippen molar-refractivity contribution in [1.29, 1.82) is 0 Å². The van der Waals surface area contributed by atoms with Crippen molar-refractivity contribution in [2.24, 2.45) is 0 Å². The van der Waals surface area contributed by atoms with Crippen molar-refractivity contribution >= 4 is 75.7 Å². The summed E-state index contributed by atoms with van der Waals surface area (Å²) in [6.07, 6.45) is 0. The van der Waals surface area contributed by atoms with Crippen LogP contribution in [0.25, 0.3) is 104 Å². The monoisotopic (exact) mass is 596 g/mol. The maximum atomic E-state index is 5.25. The van der Waals surface area contributed by atoms with Crippen LogP contribution in [0, 0.1) is 0 Å². The topological polar surface area (TPSA) is 43.6 Å².